The lowest BCUT2D eigenvalue weighted by Crippen LogP contribution is -2.59. The second kappa shape index (κ2) is 32.1. The normalized spacial score (nSPS) is 21.4. The molecule has 50 heavy (non-hydrogen) atoms. The Balaban J connectivity index is 2.32. The molecule has 294 valence electrons. The summed E-state index contributed by atoms with van der Waals surface area (Å²) < 4.78 is 22.0. The zero-order chi connectivity index (χ0) is 36.7. The van der Waals surface area contributed by atoms with Gasteiger partial charge < -0.3 is 39.4 Å². The Hall–Kier alpha value is -1.56. The summed E-state index contributed by atoms with van der Waals surface area (Å²) in [7, 11) is 0. The molecule has 0 aliphatic carbocycles. The second-order valence-electron chi connectivity index (χ2n) is 14.1. The van der Waals surface area contributed by atoms with E-state index >= 15 is 0 Å². The van der Waals surface area contributed by atoms with Gasteiger partial charge in [-0.05, 0) is 38.5 Å². The van der Waals surface area contributed by atoms with E-state index in [1.165, 1.54) is 89.9 Å². The summed E-state index contributed by atoms with van der Waals surface area (Å²) in [6.07, 6.45) is 23.8. The van der Waals surface area contributed by atoms with Gasteiger partial charge in [0.25, 0.3) is 0 Å². The maximum atomic E-state index is 12.6. The fourth-order valence-corrected chi connectivity index (χ4v) is 6.12. The highest BCUT2D eigenvalue weighted by atomic mass is 16.7. The van der Waals surface area contributed by atoms with Gasteiger partial charge in [0, 0.05) is 12.8 Å². The molecule has 0 spiro atoms. The lowest BCUT2D eigenvalue weighted by Gasteiger charge is -2.39. The lowest BCUT2D eigenvalue weighted by atomic mass is 9.99. The van der Waals surface area contributed by atoms with Crippen molar-refractivity contribution in [3.8, 4) is 0 Å². The van der Waals surface area contributed by atoms with Crippen LogP contribution in [0.2, 0.25) is 0 Å². The molecule has 1 saturated heterocycles. The maximum Gasteiger partial charge on any atom is 0.306 e. The third-order valence-electron chi connectivity index (χ3n) is 9.40. The standard InChI is InChI=1S/C40H74O10/c1-3-5-7-9-11-13-14-15-16-17-18-19-20-21-23-24-26-28-35(42)47-31-33(49-36(43)29-27-25-22-12-10-8-6-4-2)32-48-40-39(46)38(45)37(44)34(30-41)50-40/h15-16,33-34,37-41,44-46H,3-14,17-32H2,1-2H3/b16-15+/t33-,34-,37+,38?,39?,40-/m0/s1. The molecule has 0 bridgehead atoms. The lowest BCUT2D eigenvalue weighted by molar-refractivity contribution is -0.305. The van der Waals surface area contributed by atoms with Crippen molar-refractivity contribution in [2.24, 2.45) is 0 Å². The van der Waals surface area contributed by atoms with Gasteiger partial charge >= 0.3 is 11.9 Å². The molecule has 1 aliphatic rings. The zero-order valence-corrected chi connectivity index (χ0v) is 31.7. The Morgan fingerprint density at radius 2 is 1.06 bits per heavy atom. The van der Waals surface area contributed by atoms with Gasteiger partial charge in [0.2, 0.25) is 0 Å². The Kier molecular flexibility index (Phi) is 29.8. The van der Waals surface area contributed by atoms with Crippen LogP contribution in [-0.4, -0.2) is 89.0 Å². The SMILES string of the molecule is CCCCCCCC/C=C/CCCCCCCCCC(=O)OC[C@@H](CO[C@H]1O[C@@H](CO)[C@@H](O)C(O)C1O)OC(=O)CCCCCCCCCC. The number of hydrogen-bond donors (Lipinski definition) is 4. The number of unbranched alkanes of at least 4 members (excludes halogenated alkanes) is 20. The van der Waals surface area contributed by atoms with E-state index < -0.39 is 49.4 Å². The Morgan fingerprint density at radius 1 is 0.600 bits per heavy atom. The van der Waals surface area contributed by atoms with Crippen LogP contribution in [0.5, 0.6) is 0 Å². The molecular weight excluding hydrogens is 640 g/mol. The van der Waals surface area contributed by atoms with Crippen molar-refractivity contribution in [1.82, 2.24) is 0 Å². The predicted molar refractivity (Wildman–Crippen MR) is 196 cm³/mol. The zero-order valence-electron chi connectivity index (χ0n) is 31.7. The van der Waals surface area contributed by atoms with E-state index in [1.54, 1.807) is 0 Å². The average Bonchev–Trinajstić information content (AvgIpc) is 3.11. The number of allylic oxidation sites excluding steroid dienone is 2. The Morgan fingerprint density at radius 3 is 1.56 bits per heavy atom. The minimum Gasteiger partial charge on any atom is -0.462 e. The summed E-state index contributed by atoms with van der Waals surface area (Å²) in [6, 6.07) is 0. The molecular formula is C40H74O10. The molecule has 2 unspecified atom stereocenters. The summed E-state index contributed by atoms with van der Waals surface area (Å²) in [6.45, 7) is 3.37. The molecule has 10 nitrogen and oxygen atoms in total. The topological polar surface area (TPSA) is 152 Å². The molecule has 0 amide bonds. The van der Waals surface area contributed by atoms with Crippen LogP contribution in [0.25, 0.3) is 0 Å². The summed E-state index contributed by atoms with van der Waals surface area (Å²) >= 11 is 0. The minimum absolute atomic E-state index is 0.215. The third-order valence-corrected chi connectivity index (χ3v) is 9.40. The van der Waals surface area contributed by atoms with E-state index in [0.29, 0.717) is 6.42 Å². The van der Waals surface area contributed by atoms with E-state index in [0.717, 1.165) is 51.4 Å². The third kappa shape index (κ3) is 23.8. The number of esters is 2. The number of ether oxygens (including phenoxy) is 4. The first-order chi connectivity index (χ1) is 24.3. The van der Waals surface area contributed by atoms with Crippen LogP contribution in [0.4, 0.5) is 0 Å². The number of hydrogen-bond acceptors (Lipinski definition) is 10. The summed E-state index contributed by atoms with van der Waals surface area (Å²) in [5.41, 5.74) is 0. The van der Waals surface area contributed by atoms with Crippen molar-refractivity contribution in [3.05, 3.63) is 12.2 Å². The van der Waals surface area contributed by atoms with Crippen LogP contribution in [-0.2, 0) is 28.5 Å². The van der Waals surface area contributed by atoms with Crippen molar-refractivity contribution in [2.75, 3.05) is 19.8 Å². The van der Waals surface area contributed by atoms with E-state index in [4.69, 9.17) is 18.9 Å². The summed E-state index contributed by atoms with van der Waals surface area (Å²) in [5.74, 6) is -0.812. The fraction of sp³-hybridized carbons (Fsp3) is 0.900. The molecule has 0 aromatic carbocycles. The monoisotopic (exact) mass is 715 g/mol. The van der Waals surface area contributed by atoms with Gasteiger partial charge in [-0.2, -0.15) is 0 Å². The highest BCUT2D eigenvalue weighted by Gasteiger charge is 2.44. The second-order valence-corrected chi connectivity index (χ2v) is 14.1. The summed E-state index contributed by atoms with van der Waals surface area (Å²) in [4.78, 5) is 25.1. The number of carbonyl (C=O) groups is 2. The van der Waals surface area contributed by atoms with Gasteiger partial charge in [-0.3, -0.25) is 9.59 Å². The van der Waals surface area contributed by atoms with E-state index in [1.807, 2.05) is 0 Å². The van der Waals surface area contributed by atoms with Crippen molar-refractivity contribution in [1.29, 1.82) is 0 Å². The molecule has 1 rings (SSSR count). The van der Waals surface area contributed by atoms with Gasteiger partial charge in [-0.25, -0.2) is 0 Å². The van der Waals surface area contributed by atoms with Gasteiger partial charge in [0.1, 0.15) is 31.0 Å². The van der Waals surface area contributed by atoms with Crippen molar-refractivity contribution >= 4 is 11.9 Å². The largest absolute Gasteiger partial charge is 0.462 e. The van der Waals surface area contributed by atoms with Crippen LogP contribution in [0, 0.1) is 0 Å². The Bertz CT molecular complexity index is 835. The predicted octanol–water partition coefficient (Wildman–Crippen LogP) is 7.61. The quantitative estimate of drug-likeness (QED) is 0.0304. The van der Waals surface area contributed by atoms with Gasteiger partial charge in [-0.15, -0.1) is 0 Å². The molecule has 0 aromatic rings. The van der Waals surface area contributed by atoms with Crippen LogP contribution in [0.1, 0.15) is 174 Å². The highest BCUT2D eigenvalue weighted by molar-refractivity contribution is 5.70. The minimum atomic E-state index is -1.59. The molecule has 1 heterocycles. The van der Waals surface area contributed by atoms with Crippen LogP contribution >= 0.6 is 0 Å². The van der Waals surface area contributed by atoms with Gasteiger partial charge in [0.15, 0.2) is 12.4 Å². The number of carbonyl (C=O) groups excluding carboxylic acids is 2. The fourth-order valence-electron chi connectivity index (χ4n) is 6.12. The highest BCUT2D eigenvalue weighted by Crippen LogP contribution is 2.22. The number of rotatable bonds is 33. The average molecular weight is 715 g/mol. The number of aliphatic hydroxyl groups excluding tert-OH is 4. The van der Waals surface area contributed by atoms with E-state index in [2.05, 4.69) is 26.0 Å². The first-order valence-corrected chi connectivity index (χ1v) is 20.3. The molecule has 10 heteroatoms. The van der Waals surface area contributed by atoms with Crippen LogP contribution < -0.4 is 0 Å². The van der Waals surface area contributed by atoms with Gasteiger partial charge in [0.05, 0.1) is 13.2 Å². The Labute approximate surface area is 303 Å². The van der Waals surface area contributed by atoms with E-state index in [9.17, 15) is 30.0 Å². The van der Waals surface area contributed by atoms with Crippen molar-refractivity contribution < 1.29 is 49.0 Å². The van der Waals surface area contributed by atoms with Gasteiger partial charge in [-0.1, -0.05) is 135 Å². The molecule has 4 N–H and O–H groups in total. The molecule has 6 atom stereocenters. The first kappa shape index (κ1) is 46.5. The first-order valence-electron chi connectivity index (χ1n) is 20.3. The smallest absolute Gasteiger partial charge is 0.306 e. The molecule has 1 aliphatic heterocycles. The maximum absolute atomic E-state index is 12.6. The molecule has 0 radical (unpaired) electrons. The molecule has 0 aromatic heterocycles. The van der Waals surface area contributed by atoms with E-state index in [-0.39, 0.29) is 32.0 Å². The molecule has 1 fully saturated rings. The van der Waals surface area contributed by atoms with Crippen molar-refractivity contribution in [3.63, 3.8) is 0 Å². The van der Waals surface area contributed by atoms with Crippen LogP contribution in [0.15, 0.2) is 12.2 Å². The van der Waals surface area contributed by atoms with Crippen LogP contribution in [0.3, 0.4) is 0 Å². The summed E-state index contributed by atoms with van der Waals surface area (Å²) in [5, 5.41) is 39.9. The number of aliphatic hydroxyl groups is 4. The molecule has 0 saturated carbocycles. The van der Waals surface area contributed by atoms with Crippen molar-refractivity contribution in [2.45, 2.75) is 211 Å².